The molecule has 0 bridgehead atoms. The molecule has 0 spiro atoms. The Morgan fingerprint density at radius 2 is 2.29 bits per heavy atom. The van der Waals surface area contributed by atoms with Crippen LogP contribution in [0.3, 0.4) is 0 Å². The monoisotopic (exact) mass is 194 g/mol. The van der Waals surface area contributed by atoms with Crippen LogP contribution in [0.1, 0.15) is 18.5 Å². The lowest BCUT2D eigenvalue weighted by Crippen LogP contribution is -2.16. The molecule has 1 aromatic heterocycles. The lowest BCUT2D eigenvalue weighted by atomic mass is 10.3. The maximum Gasteiger partial charge on any atom is 0.228 e. The van der Waals surface area contributed by atoms with E-state index < -0.39 is 0 Å². The Kier molecular flexibility index (Phi) is 1.94. The van der Waals surface area contributed by atoms with Crippen LogP contribution in [0.4, 0.5) is 11.5 Å². The number of rotatable bonds is 2. The van der Waals surface area contributed by atoms with Gasteiger partial charge in [-0.15, -0.1) is 0 Å². The second-order valence-corrected chi connectivity index (χ2v) is 3.73. The molecule has 2 rings (SSSR count). The number of aryl methyl sites for hydroxylation is 2. The SMILES string of the molecule is Cc1nn(C)c(NC(=O)C2CC2)c1N. The van der Waals surface area contributed by atoms with Crippen molar-refractivity contribution in [3.05, 3.63) is 5.69 Å². The number of anilines is 2. The molecule has 3 N–H and O–H groups in total. The molecule has 1 heterocycles. The van der Waals surface area contributed by atoms with Crippen molar-refractivity contribution in [3.63, 3.8) is 0 Å². The van der Waals surface area contributed by atoms with Gasteiger partial charge in [-0.3, -0.25) is 9.48 Å². The number of aromatic nitrogens is 2. The first-order valence-corrected chi connectivity index (χ1v) is 4.69. The molecule has 5 heteroatoms. The predicted molar refractivity (Wildman–Crippen MR) is 53.7 cm³/mol. The smallest absolute Gasteiger partial charge is 0.228 e. The predicted octanol–water partition coefficient (Wildman–Crippen LogP) is 0.659. The second-order valence-electron chi connectivity index (χ2n) is 3.73. The van der Waals surface area contributed by atoms with Crippen LogP contribution in [0, 0.1) is 12.8 Å². The van der Waals surface area contributed by atoms with Crippen LogP contribution in [-0.4, -0.2) is 15.7 Å². The number of nitrogens with one attached hydrogen (secondary N) is 1. The minimum Gasteiger partial charge on any atom is -0.394 e. The fraction of sp³-hybridized carbons (Fsp3) is 0.556. The molecule has 0 radical (unpaired) electrons. The number of nitrogens with two attached hydrogens (primary N) is 1. The number of amides is 1. The molecule has 0 aliphatic heterocycles. The van der Waals surface area contributed by atoms with E-state index in [1.165, 1.54) is 0 Å². The van der Waals surface area contributed by atoms with E-state index in [4.69, 9.17) is 5.73 Å². The summed E-state index contributed by atoms with van der Waals surface area (Å²) in [6.45, 7) is 1.82. The second kappa shape index (κ2) is 3.01. The van der Waals surface area contributed by atoms with E-state index >= 15 is 0 Å². The van der Waals surface area contributed by atoms with Crippen LogP contribution >= 0.6 is 0 Å². The molecule has 0 unspecified atom stereocenters. The Bertz CT molecular complexity index is 378. The average Bonchev–Trinajstić information content (AvgIpc) is 2.91. The van der Waals surface area contributed by atoms with Gasteiger partial charge in [0.05, 0.1) is 11.4 Å². The fourth-order valence-electron chi connectivity index (χ4n) is 1.39. The Hall–Kier alpha value is -1.52. The standard InChI is InChI=1S/C9H14N4O/c1-5-7(10)8(13(2)12-5)11-9(14)6-3-4-6/h6H,3-4,10H2,1-2H3,(H,11,14). The van der Waals surface area contributed by atoms with Gasteiger partial charge in [-0.05, 0) is 19.8 Å². The topological polar surface area (TPSA) is 72.9 Å². The van der Waals surface area contributed by atoms with Gasteiger partial charge in [-0.2, -0.15) is 5.10 Å². The first kappa shape index (κ1) is 9.05. The van der Waals surface area contributed by atoms with Gasteiger partial charge in [0.2, 0.25) is 5.91 Å². The summed E-state index contributed by atoms with van der Waals surface area (Å²) in [5.41, 5.74) is 7.08. The number of hydrogen-bond donors (Lipinski definition) is 2. The molecule has 1 aliphatic rings. The minimum absolute atomic E-state index is 0.0553. The van der Waals surface area contributed by atoms with Gasteiger partial charge in [0, 0.05) is 13.0 Å². The highest BCUT2D eigenvalue weighted by molar-refractivity contribution is 5.95. The van der Waals surface area contributed by atoms with Crippen LogP contribution in [0.15, 0.2) is 0 Å². The largest absolute Gasteiger partial charge is 0.394 e. The molecule has 1 aromatic rings. The van der Waals surface area contributed by atoms with Gasteiger partial charge in [0.15, 0.2) is 5.82 Å². The molecule has 1 amide bonds. The van der Waals surface area contributed by atoms with Crippen molar-refractivity contribution in [1.29, 1.82) is 0 Å². The average molecular weight is 194 g/mol. The summed E-state index contributed by atoms with van der Waals surface area (Å²) < 4.78 is 1.60. The normalized spacial score (nSPS) is 15.6. The summed E-state index contributed by atoms with van der Waals surface area (Å²) >= 11 is 0. The third-order valence-corrected chi connectivity index (χ3v) is 2.46. The molecule has 0 aromatic carbocycles. The summed E-state index contributed by atoms with van der Waals surface area (Å²) in [6, 6.07) is 0. The quantitative estimate of drug-likeness (QED) is 0.726. The van der Waals surface area contributed by atoms with E-state index in [2.05, 4.69) is 10.4 Å². The number of nitrogens with zero attached hydrogens (tertiary/aromatic N) is 2. The molecule has 5 nitrogen and oxygen atoms in total. The maximum atomic E-state index is 11.5. The molecule has 1 saturated carbocycles. The zero-order valence-corrected chi connectivity index (χ0v) is 8.37. The van der Waals surface area contributed by atoms with Crippen LogP contribution in [0.2, 0.25) is 0 Å². The Balaban J connectivity index is 2.18. The molecule has 14 heavy (non-hydrogen) atoms. The fourth-order valence-corrected chi connectivity index (χ4v) is 1.39. The van der Waals surface area contributed by atoms with Gasteiger partial charge in [-0.1, -0.05) is 0 Å². The van der Waals surface area contributed by atoms with Gasteiger partial charge in [0.1, 0.15) is 0 Å². The molecule has 1 aliphatic carbocycles. The van der Waals surface area contributed by atoms with Crippen LogP contribution in [0.25, 0.3) is 0 Å². The molecule has 0 saturated heterocycles. The van der Waals surface area contributed by atoms with Crippen LogP contribution in [0.5, 0.6) is 0 Å². The molecule has 76 valence electrons. The van der Waals surface area contributed by atoms with Gasteiger partial charge in [-0.25, -0.2) is 0 Å². The van der Waals surface area contributed by atoms with E-state index in [1.807, 2.05) is 6.92 Å². The van der Waals surface area contributed by atoms with Crippen molar-refractivity contribution in [2.75, 3.05) is 11.1 Å². The van der Waals surface area contributed by atoms with Crippen LogP contribution < -0.4 is 11.1 Å². The molecular weight excluding hydrogens is 180 g/mol. The lowest BCUT2D eigenvalue weighted by molar-refractivity contribution is -0.117. The highest BCUT2D eigenvalue weighted by Gasteiger charge is 2.30. The molecule has 0 atom stereocenters. The Morgan fingerprint density at radius 3 is 2.71 bits per heavy atom. The molecule has 1 fully saturated rings. The van der Waals surface area contributed by atoms with E-state index in [0.29, 0.717) is 11.5 Å². The third kappa shape index (κ3) is 1.45. The van der Waals surface area contributed by atoms with Crippen molar-refractivity contribution in [1.82, 2.24) is 9.78 Å². The van der Waals surface area contributed by atoms with Crippen molar-refractivity contribution in [3.8, 4) is 0 Å². The highest BCUT2D eigenvalue weighted by Crippen LogP contribution is 2.31. The summed E-state index contributed by atoms with van der Waals surface area (Å²) in [6.07, 6.45) is 1.98. The Morgan fingerprint density at radius 1 is 1.64 bits per heavy atom. The van der Waals surface area contributed by atoms with E-state index in [-0.39, 0.29) is 11.8 Å². The number of hydrogen-bond acceptors (Lipinski definition) is 3. The maximum absolute atomic E-state index is 11.5. The summed E-state index contributed by atoms with van der Waals surface area (Å²) in [4.78, 5) is 11.5. The third-order valence-electron chi connectivity index (χ3n) is 2.46. The summed E-state index contributed by atoms with van der Waals surface area (Å²) in [5, 5.41) is 6.92. The number of carbonyl (C=O) groups is 1. The first-order chi connectivity index (χ1) is 6.59. The summed E-state index contributed by atoms with van der Waals surface area (Å²) in [7, 11) is 1.77. The van der Waals surface area contributed by atoms with Gasteiger partial charge in [0.25, 0.3) is 0 Å². The van der Waals surface area contributed by atoms with Crippen molar-refractivity contribution >= 4 is 17.4 Å². The summed E-state index contributed by atoms with van der Waals surface area (Å²) in [5.74, 6) is 0.851. The van der Waals surface area contributed by atoms with E-state index in [0.717, 1.165) is 18.5 Å². The highest BCUT2D eigenvalue weighted by atomic mass is 16.2. The Labute approximate surface area is 82.3 Å². The van der Waals surface area contributed by atoms with Gasteiger partial charge < -0.3 is 11.1 Å². The van der Waals surface area contributed by atoms with E-state index in [1.54, 1.807) is 11.7 Å². The number of carbonyl (C=O) groups excluding carboxylic acids is 1. The zero-order chi connectivity index (χ0) is 10.3. The van der Waals surface area contributed by atoms with Crippen LogP contribution in [-0.2, 0) is 11.8 Å². The minimum atomic E-state index is 0.0553. The van der Waals surface area contributed by atoms with Crippen molar-refractivity contribution < 1.29 is 4.79 Å². The zero-order valence-electron chi connectivity index (χ0n) is 8.37. The molecular formula is C9H14N4O. The lowest BCUT2D eigenvalue weighted by Gasteiger charge is -2.04. The van der Waals surface area contributed by atoms with Gasteiger partial charge >= 0.3 is 0 Å². The van der Waals surface area contributed by atoms with Crippen molar-refractivity contribution in [2.45, 2.75) is 19.8 Å². The number of nitrogen functional groups attached to an aromatic ring is 1. The first-order valence-electron chi connectivity index (χ1n) is 4.69. The van der Waals surface area contributed by atoms with E-state index in [9.17, 15) is 4.79 Å². The van der Waals surface area contributed by atoms with Crippen molar-refractivity contribution in [2.24, 2.45) is 13.0 Å².